The quantitative estimate of drug-likeness (QED) is 0.295. The van der Waals surface area contributed by atoms with Gasteiger partial charge in [-0.25, -0.2) is 8.42 Å². The summed E-state index contributed by atoms with van der Waals surface area (Å²) < 4.78 is 68.3. The summed E-state index contributed by atoms with van der Waals surface area (Å²) in [7, 11) is -3.45. The maximum atomic E-state index is 13.3. The maximum Gasteiger partial charge on any atom is 0.431 e. The van der Waals surface area contributed by atoms with Gasteiger partial charge < -0.3 is 15.4 Å². The highest BCUT2D eigenvalue weighted by Crippen LogP contribution is 2.34. The lowest BCUT2D eigenvalue weighted by molar-refractivity contribution is -0.142. The van der Waals surface area contributed by atoms with Gasteiger partial charge >= 0.3 is 12.1 Å². The molecular weight excluding hydrogens is 583 g/mol. The molecular formula is C23H27BrF3N3O4S2. The summed E-state index contributed by atoms with van der Waals surface area (Å²) in [6.45, 7) is 5.68. The standard InChI is InChI=1S/C23H27BrF3N3O4S2/c1-4-30(5-2)11-12-34-19(31)14-29-21(20(24)22(28)23(25,26)27)18-10-9-17(35-18)15-7-6-8-16(13-15)36(3,32)33/h6-10,13H,4-5,11-12,14,28H2,1-3H3/b22-20+,29-21?. The predicted octanol–water partition coefficient (Wildman–Crippen LogP) is 4.62. The zero-order chi connectivity index (χ0) is 27.1. The predicted molar refractivity (Wildman–Crippen MR) is 139 cm³/mol. The second-order valence-corrected chi connectivity index (χ2v) is 11.5. The van der Waals surface area contributed by atoms with Crippen LogP contribution in [0.5, 0.6) is 0 Å². The Balaban J connectivity index is 2.37. The van der Waals surface area contributed by atoms with Crippen LogP contribution in [0.3, 0.4) is 0 Å². The largest absolute Gasteiger partial charge is 0.463 e. The van der Waals surface area contributed by atoms with E-state index in [1.54, 1.807) is 18.2 Å². The first-order valence-electron chi connectivity index (χ1n) is 10.8. The number of sulfone groups is 1. The number of halogens is 4. The summed E-state index contributed by atoms with van der Waals surface area (Å²) in [4.78, 5) is 19.3. The average Bonchev–Trinajstić information content (AvgIpc) is 3.30. The summed E-state index contributed by atoms with van der Waals surface area (Å²) in [5.41, 5.74) is 4.31. The number of hydrogen-bond donors (Lipinski definition) is 1. The minimum absolute atomic E-state index is 0.110. The molecule has 1 aromatic carbocycles. The van der Waals surface area contributed by atoms with Crippen molar-refractivity contribution in [1.82, 2.24) is 4.90 Å². The number of hydrogen-bond acceptors (Lipinski definition) is 8. The molecule has 36 heavy (non-hydrogen) atoms. The number of rotatable bonds is 11. The van der Waals surface area contributed by atoms with E-state index in [4.69, 9.17) is 10.5 Å². The molecule has 0 spiro atoms. The number of ether oxygens (including phenoxy) is 1. The topological polar surface area (TPSA) is 102 Å². The highest BCUT2D eigenvalue weighted by molar-refractivity contribution is 9.12. The van der Waals surface area contributed by atoms with Gasteiger partial charge in [0.2, 0.25) is 0 Å². The number of aliphatic imine (C=N–C) groups is 1. The summed E-state index contributed by atoms with van der Waals surface area (Å²) in [5.74, 6) is -0.692. The molecule has 198 valence electrons. The van der Waals surface area contributed by atoms with Crippen LogP contribution in [0.2, 0.25) is 0 Å². The monoisotopic (exact) mass is 609 g/mol. The molecule has 1 heterocycles. The van der Waals surface area contributed by atoms with E-state index in [0.717, 1.165) is 30.7 Å². The molecule has 0 aliphatic carbocycles. The van der Waals surface area contributed by atoms with E-state index in [1.165, 1.54) is 18.2 Å². The molecule has 0 atom stereocenters. The molecule has 2 rings (SSSR count). The van der Waals surface area contributed by atoms with Gasteiger partial charge in [-0.15, -0.1) is 11.3 Å². The van der Waals surface area contributed by atoms with Gasteiger partial charge in [-0.1, -0.05) is 26.0 Å². The van der Waals surface area contributed by atoms with Crippen molar-refractivity contribution in [1.29, 1.82) is 0 Å². The number of thiophene rings is 1. The molecule has 7 nitrogen and oxygen atoms in total. The van der Waals surface area contributed by atoms with Crippen LogP contribution in [0, 0.1) is 0 Å². The zero-order valence-corrected chi connectivity index (χ0v) is 23.2. The first kappa shape index (κ1) is 30.0. The Bertz CT molecular complexity index is 1240. The number of nitrogens with zero attached hydrogens (tertiary/aromatic N) is 2. The van der Waals surface area contributed by atoms with Crippen LogP contribution in [0.1, 0.15) is 18.7 Å². The number of carbonyl (C=O) groups is 1. The van der Waals surface area contributed by atoms with E-state index in [2.05, 4.69) is 25.8 Å². The third-order valence-corrected chi connectivity index (χ3v) is 8.12. The first-order valence-corrected chi connectivity index (χ1v) is 14.3. The highest BCUT2D eigenvalue weighted by Gasteiger charge is 2.35. The number of carbonyl (C=O) groups excluding carboxylic acids is 1. The molecule has 0 unspecified atom stereocenters. The molecule has 2 aromatic rings. The van der Waals surface area contributed by atoms with E-state index in [0.29, 0.717) is 21.9 Å². The lowest BCUT2D eigenvalue weighted by atomic mass is 10.2. The first-order chi connectivity index (χ1) is 16.8. The Hall–Kier alpha value is -2.22. The SMILES string of the molecule is CCN(CC)CCOC(=O)CN=C(/C(Br)=C(\N)C(F)(F)F)c1ccc(-c2cccc(S(C)(=O)=O)c2)s1. The van der Waals surface area contributed by atoms with E-state index in [9.17, 15) is 26.4 Å². The summed E-state index contributed by atoms with van der Waals surface area (Å²) in [6, 6.07) is 9.35. The normalized spacial score (nSPS) is 13.6. The second-order valence-electron chi connectivity index (χ2n) is 7.60. The molecule has 1 aromatic heterocycles. The fraction of sp³-hybridized carbons (Fsp3) is 0.391. The molecule has 0 amide bonds. The second kappa shape index (κ2) is 12.8. The average molecular weight is 611 g/mol. The van der Waals surface area contributed by atoms with Crippen molar-refractivity contribution in [3.8, 4) is 10.4 Å². The summed E-state index contributed by atoms with van der Waals surface area (Å²) >= 11 is 3.98. The zero-order valence-electron chi connectivity index (χ0n) is 19.9. The van der Waals surface area contributed by atoms with Crippen LogP contribution >= 0.6 is 27.3 Å². The number of benzene rings is 1. The fourth-order valence-electron chi connectivity index (χ4n) is 3.03. The lowest BCUT2D eigenvalue weighted by Crippen LogP contribution is -2.28. The molecule has 2 N–H and O–H groups in total. The molecule has 13 heteroatoms. The smallest absolute Gasteiger partial charge is 0.431 e. The number of allylic oxidation sites excluding steroid dienone is 2. The van der Waals surface area contributed by atoms with Gasteiger partial charge in [0, 0.05) is 17.7 Å². The van der Waals surface area contributed by atoms with Crippen LogP contribution < -0.4 is 5.73 Å². The minimum Gasteiger partial charge on any atom is -0.463 e. The highest BCUT2D eigenvalue weighted by atomic mass is 79.9. The molecule has 0 aliphatic heterocycles. The van der Waals surface area contributed by atoms with Crippen LogP contribution in [0.4, 0.5) is 13.2 Å². The minimum atomic E-state index is -4.83. The van der Waals surface area contributed by atoms with Gasteiger partial charge in [0.25, 0.3) is 0 Å². The third-order valence-electron chi connectivity index (χ3n) is 5.07. The maximum absolute atomic E-state index is 13.3. The van der Waals surface area contributed by atoms with Gasteiger partial charge in [0.1, 0.15) is 18.8 Å². The van der Waals surface area contributed by atoms with E-state index in [1.807, 2.05) is 13.8 Å². The van der Waals surface area contributed by atoms with Gasteiger partial charge in [-0.2, -0.15) is 13.2 Å². The third kappa shape index (κ3) is 8.43. The molecule has 0 saturated heterocycles. The van der Waals surface area contributed by atoms with Crippen LogP contribution in [0.25, 0.3) is 10.4 Å². The van der Waals surface area contributed by atoms with Crippen molar-refractivity contribution in [2.24, 2.45) is 10.7 Å². The Morgan fingerprint density at radius 3 is 2.44 bits per heavy atom. The van der Waals surface area contributed by atoms with Crippen molar-refractivity contribution in [2.45, 2.75) is 24.9 Å². The van der Waals surface area contributed by atoms with Gasteiger partial charge in [0.15, 0.2) is 9.84 Å². The fourth-order valence-corrected chi connectivity index (χ4v) is 5.40. The Morgan fingerprint density at radius 2 is 1.86 bits per heavy atom. The number of alkyl halides is 3. The van der Waals surface area contributed by atoms with Crippen molar-refractivity contribution in [3.05, 3.63) is 51.5 Å². The van der Waals surface area contributed by atoms with Gasteiger partial charge in [-0.3, -0.25) is 9.79 Å². The number of nitrogens with two attached hydrogens (primary N) is 1. The molecule has 0 radical (unpaired) electrons. The van der Waals surface area contributed by atoms with Crippen LogP contribution in [-0.4, -0.2) is 70.2 Å². The van der Waals surface area contributed by atoms with Gasteiger partial charge in [0.05, 0.1) is 20.0 Å². The van der Waals surface area contributed by atoms with E-state index >= 15 is 0 Å². The van der Waals surface area contributed by atoms with Crippen molar-refractivity contribution in [3.63, 3.8) is 0 Å². The molecule has 0 bridgehead atoms. The van der Waals surface area contributed by atoms with Crippen molar-refractivity contribution < 1.29 is 31.1 Å². The van der Waals surface area contributed by atoms with Crippen molar-refractivity contribution >= 4 is 48.8 Å². The van der Waals surface area contributed by atoms with Gasteiger partial charge in [-0.05, 0) is 58.8 Å². The molecule has 0 fully saturated rings. The van der Waals surface area contributed by atoms with E-state index in [-0.39, 0.29) is 17.2 Å². The Kier molecular flexibility index (Phi) is 10.7. The Morgan fingerprint density at radius 1 is 1.19 bits per heavy atom. The lowest BCUT2D eigenvalue weighted by Gasteiger charge is -2.17. The van der Waals surface area contributed by atoms with E-state index < -0.39 is 38.7 Å². The molecule has 0 aliphatic rings. The summed E-state index contributed by atoms with van der Waals surface area (Å²) in [5, 5.41) is 0. The molecule has 0 saturated carbocycles. The number of esters is 1. The van der Waals surface area contributed by atoms with Crippen molar-refractivity contribution in [2.75, 3.05) is 39.0 Å². The Labute approximate surface area is 220 Å². The summed E-state index contributed by atoms with van der Waals surface area (Å²) in [6.07, 6.45) is -3.74. The number of likely N-dealkylation sites (N-methyl/N-ethyl adjacent to an activating group) is 1. The van der Waals surface area contributed by atoms with Crippen LogP contribution in [-0.2, 0) is 19.4 Å². The van der Waals surface area contributed by atoms with Crippen LogP contribution in [0.15, 0.2) is 56.5 Å².